The van der Waals surface area contributed by atoms with E-state index >= 15 is 0 Å². The lowest BCUT2D eigenvalue weighted by Crippen LogP contribution is -2.51. The van der Waals surface area contributed by atoms with Gasteiger partial charge in [0.05, 0.1) is 29.7 Å². The normalized spacial score (nSPS) is 16.8. The number of rotatable bonds is 5. The number of nitrogens with one attached hydrogen (secondary N) is 1. The van der Waals surface area contributed by atoms with Gasteiger partial charge in [-0.3, -0.25) is 9.88 Å². The van der Waals surface area contributed by atoms with Gasteiger partial charge in [-0.25, -0.2) is 9.78 Å². The van der Waals surface area contributed by atoms with E-state index in [2.05, 4.69) is 50.1 Å². The molecule has 2 aromatic carbocycles. The fourth-order valence-electron chi connectivity index (χ4n) is 5.50. The number of aromatic nitrogens is 3. The lowest BCUT2D eigenvalue weighted by Gasteiger charge is -2.39. The highest BCUT2D eigenvalue weighted by Crippen LogP contribution is 2.41. The van der Waals surface area contributed by atoms with Crippen LogP contribution in [0, 0.1) is 11.3 Å². The minimum absolute atomic E-state index is 0.0609. The Hall–Kier alpha value is -4.45. The molecule has 1 aliphatic carbocycles. The van der Waals surface area contributed by atoms with Crippen molar-refractivity contribution in [1.82, 2.24) is 24.3 Å². The van der Waals surface area contributed by atoms with Gasteiger partial charge in [0.25, 0.3) is 0 Å². The van der Waals surface area contributed by atoms with Gasteiger partial charge in [0, 0.05) is 62.0 Å². The van der Waals surface area contributed by atoms with E-state index in [0.29, 0.717) is 42.5 Å². The molecule has 6 rings (SSSR count). The van der Waals surface area contributed by atoms with Gasteiger partial charge in [-0.15, -0.1) is 0 Å². The Morgan fingerprint density at radius 2 is 1.90 bits per heavy atom. The number of imidazole rings is 1. The lowest BCUT2D eigenvalue weighted by molar-refractivity contribution is 0.125. The van der Waals surface area contributed by atoms with Gasteiger partial charge < -0.3 is 14.8 Å². The molecular formula is C31H28ClN7O. The van der Waals surface area contributed by atoms with E-state index in [-0.39, 0.29) is 12.1 Å². The van der Waals surface area contributed by atoms with Crippen molar-refractivity contribution in [2.75, 3.05) is 31.5 Å². The van der Waals surface area contributed by atoms with Crippen LogP contribution in [0.2, 0.25) is 5.02 Å². The molecular weight excluding hydrogens is 522 g/mol. The smallest absolute Gasteiger partial charge is 0.321 e. The summed E-state index contributed by atoms with van der Waals surface area (Å²) >= 11 is 6.54. The van der Waals surface area contributed by atoms with E-state index in [1.165, 1.54) is 11.1 Å². The number of piperazine rings is 1. The molecule has 1 unspecified atom stereocenters. The van der Waals surface area contributed by atoms with Crippen LogP contribution in [0.25, 0.3) is 11.6 Å². The first-order chi connectivity index (χ1) is 19.6. The molecule has 0 spiro atoms. The van der Waals surface area contributed by atoms with Crippen LogP contribution >= 0.6 is 11.6 Å². The number of carbonyl (C=O) groups excluding carboxylic acids is 1. The molecule has 0 radical (unpaired) electrons. The lowest BCUT2D eigenvalue weighted by atomic mass is 9.92. The Morgan fingerprint density at radius 1 is 1.07 bits per heavy atom. The van der Waals surface area contributed by atoms with Gasteiger partial charge in [-0.2, -0.15) is 5.26 Å². The monoisotopic (exact) mass is 549 g/mol. The van der Waals surface area contributed by atoms with Crippen LogP contribution in [-0.4, -0.2) is 56.5 Å². The number of nitrogens with zero attached hydrogens (tertiary/aromatic N) is 6. The number of urea groups is 1. The highest BCUT2D eigenvalue weighted by atomic mass is 35.5. The number of hydrogen-bond donors (Lipinski definition) is 1. The predicted octanol–water partition coefficient (Wildman–Crippen LogP) is 5.69. The Kier molecular flexibility index (Phi) is 7.32. The molecule has 2 aromatic heterocycles. The largest absolute Gasteiger partial charge is 0.337 e. The predicted molar refractivity (Wildman–Crippen MR) is 156 cm³/mol. The molecule has 1 atom stereocenters. The Bertz CT molecular complexity index is 1580. The summed E-state index contributed by atoms with van der Waals surface area (Å²) in [7, 11) is 0. The fourth-order valence-corrected chi connectivity index (χ4v) is 5.67. The molecule has 0 saturated carbocycles. The number of fused-ring (bicyclic) bond motifs is 2. The van der Waals surface area contributed by atoms with Crippen LogP contribution in [0.5, 0.6) is 0 Å². The first-order valence-electron chi connectivity index (χ1n) is 13.3. The number of pyridine rings is 1. The van der Waals surface area contributed by atoms with E-state index in [1.807, 2.05) is 35.8 Å². The molecule has 40 heavy (non-hydrogen) atoms. The third kappa shape index (κ3) is 5.34. The first-order valence-corrected chi connectivity index (χ1v) is 13.7. The second-order valence-corrected chi connectivity index (χ2v) is 10.4. The number of anilines is 1. The Balaban J connectivity index is 1.24. The van der Waals surface area contributed by atoms with Crippen LogP contribution < -0.4 is 5.32 Å². The molecule has 1 N–H and O–H groups in total. The van der Waals surface area contributed by atoms with Gasteiger partial charge in [0.1, 0.15) is 0 Å². The van der Waals surface area contributed by atoms with Crippen LogP contribution in [0.4, 0.5) is 10.5 Å². The average Bonchev–Trinajstić information content (AvgIpc) is 3.47. The molecule has 200 valence electrons. The Morgan fingerprint density at radius 3 is 2.65 bits per heavy atom. The summed E-state index contributed by atoms with van der Waals surface area (Å²) in [5.74, 6) is 0. The van der Waals surface area contributed by atoms with Gasteiger partial charge in [-0.1, -0.05) is 23.7 Å². The second kappa shape index (κ2) is 11.3. The minimum atomic E-state index is -0.139. The van der Waals surface area contributed by atoms with Crippen molar-refractivity contribution in [3.05, 3.63) is 112 Å². The van der Waals surface area contributed by atoms with Gasteiger partial charge in [0.15, 0.2) is 0 Å². The molecule has 2 amide bonds. The van der Waals surface area contributed by atoms with Crippen molar-refractivity contribution >= 4 is 35.0 Å². The molecule has 1 aliphatic heterocycles. The summed E-state index contributed by atoms with van der Waals surface area (Å²) < 4.78 is 2.08. The molecule has 0 bridgehead atoms. The van der Waals surface area contributed by atoms with E-state index in [0.717, 1.165) is 29.8 Å². The molecule has 9 heteroatoms. The van der Waals surface area contributed by atoms with E-state index < -0.39 is 0 Å². The summed E-state index contributed by atoms with van der Waals surface area (Å²) in [6.45, 7) is 3.39. The number of halogens is 1. The number of hydrogen-bond acceptors (Lipinski definition) is 5. The summed E-state index contributed by atoms with van der Waals surface area (Å²) in [6, 6.07) is 19.0. The first kappa shape index (κ1) is 25.8. The topological polar surface area (TPSA) is 90.1 Å². The van der Waals surface area contributed by atoms with Gasteiger partial charge in [-0.05, 0) is 77.2 Å². The Labute approximate surface area is 238 Å². The third-order valence-electron chi connectivity index (χ3n) is 7.55. The molecule has 2 aliphatic rings. The minimum Gasteiger partial charge on any atom is -0.337 e. The van der Waals surface area contributed by atoms with Crippen molar-refractivity contribution in [3.8, 4) is 6.07 Å². The molecule has 3 heterocycles. The zero-order chi connectivity index (χ0) is 27.5. The standard InChI is InChI=1S/C31H28ClN7O/c32-25-5-8-27-28(19-25)23(9-12-37-13-11-34-21-37)18-24-2-1-10-35-29(24)30(27)38-14-16-39(17-15-38)31(40)36-26-6-3-22(20-33)4-7-26/h1-8,10-11,13,18-19,21,30H,9,12,14-17H2,(H,36,40). The quantitative estimate of drug-likeness (QED) is 0.345. The third-order valence-corrected chi connectivity index (χ3v) is 7.78. The summed E-state index contributed by atoms with van der Waals surface area (Å²) in [6.07, 6.45) is 10.5. The highest BCUT2D eigenvalue weighted by Gasteiger charge is 2.33. The maximum atomic E-state index is 13.0. The van der Waals surface area contributed by atoms with Crippen LogP contribution in [0.1, 0.15) is 40.4 Å². The molecule has 4 aromatic rings. The SMILES string of the molecule is N#Cc1ccc(NC(=O)N2CCN(C3c4ccc(Cl)cc4C(CCn4ccnc4)=Cc4cccnc43)CC2)cc1. The molecule has 1 saturated heterocycles. The number of nitriles is 1. The van der Waals surface area contributed by atoms with E-state index in [1.54, 1.807) is 30.5 Å². The number of carbonyl (C=O) groups is 1. The fraction of sp³-hybridized carbons (Fsp3) is 0.226. The number of aryl methyl sites for hydroxylation is 1. The van der Waals surface area contributed by atoms with Crippen LogP contribution in [-0.2, 0) is 6.54 Å². The maximum Gasteiger partial charge on any atom is 0.321 e. The van der Waals surface area contributed by atoms with E-state index in [4.69, 9.17) is 21.8 Å². The molecule has 8 nitrogen and oxygen atoms in total. The van der Waals surface area contributed by atoms with Crippen LogP contribution in [0.15, 0.2) is 79.5 Å². The van der Waals surface area contributed by atoms with Crippen molar-refractivity contribution < 1.29 is 4.79 Å². The molecule has 1 fully saturated rings. The average molecular weight is 550 g/mol. The summed E-state index contributed by atoms with van der Waals surface area (Å²) in [5, 5.41) is 12.7. The van der Waals surface area contributed by atoms with Crippen molar-refractivity contribution in [1.29, 1.82) is 5.26 Å². The summed E-state index contributed by atoms with van der Waals surface area (Å²) in [4.78, 5) is 26.3. The zero-order valence-electron chi connectivity index (χ0n) is 21.9. The second-order valence-electron chi connectivity index (χ2n) is 9.97. The van der Waals surface area contributed by atoms with E-state index in [9.17, 15) is 4.79 Å². The summed E-state index contributed by atoms with van der Waals surface area (Å²) in [5.41, 5.74) is 6.87. The van der Waals surface area contributed by atoms with Crippen molar-refractivity contribution in [3.63, 3.8) is 0 Å². The zero-order valence-corrected chi connectivity index (χ0v) is 22.6. The van der Waals surface area contributed by atoms with Gasteiger partial charge in [0.2, 0.25) is 0 Å². The number of allylic oxidation sites excluding steroid dienone is 1. The van der Waals surface area contributed by atoms with Crippen molar-refractivity contribution in [2.45, 2.75) is 19.0 Å². The number of amides is 2. The maximum absolute atomic E-state index is 13.0. The van der Waals surface area contributed by atoms with Gasteiger partial charge >= 0.3 is 6.03 Å². The number of benzene rings is 2. The van der Waals surface area contributed by atoms with Crippen molar-refractivity contribution in [2.24, 2.45) is 0 Å². The highest BCUT2D eigenvalue weighted by molar-refractivity contribution is 6.30. The van der Waals surface area contributed by atoms with Crippen LogP contribution in [0.3, 0.4) is 0 Å².